The highest BCUT2D eigenvalue weighted by molar-refractivity contribution is 5.78. The molecule has 118 valence electrons. The lowest BCUT2D eigenvalue weighted by atomic mass is 10.1. The van der Waals surface area contributed by atoms with Gasteiger partial charge in [-0.3, -0.25) is 4.57 Å². The van der Waals surface area contributed by atoms with Crippen molar-refractivity contribution in [2.75, 3.05) is 0 Å². The van der Waals surface area contributed by atoms with Gasteiger partial charge >= 0.3 is 5.97 Å². The van der Waals surface area contributed by atoms with Crippen LogP contribution in [0.2, 0.25) is 0 Å². The second-order valence-corrected chi connectivity index (χ2v) is 5.68. The summed E-state index contributed by atoms with van der Waals surface area (Å²) in [4.78, 5) is 20.8. The molecule has 23 heavy (non-hydrogen) atoms. The lowest BCUT2D eigenvalue weighted by molar-refractivity contribution is -0.140. The van der Waals surface area contributed by atoms with Crippen molar-refractivity contribution in [2.45, 2.75) is 32.7 Å². The number of aliphatic carboxylic acids is 1. The molecule has 1 atom stereocenters. The van der Waals surface area contributed by atoms with Gasteiger partial charge in [0, 0.05) is 12.6 Å². The highest BCUT2D eigenvalue weighted by Gasteiger charge is 2.24. The Bertz CT molecular complexity index is 840. The van der Waals surface area contributed by atoms with Gasteiger partial charge in [-0.1, -0.05) is 37.3 Å². The van der Waals surface area contributed by atoms with Crippen molar-refractivity contribution in [1.82, 2.24) is 14.5 Å². The van der Waals surface area contributed by atoms with E-state index < -0.39 is 12.0 Å². The molecular formula is C18H19N3O2. The predicted molar refractivity (Wildman–Crippen MR) is 88.5 cm³/mol. The van der Waals surface area contributed by atoms with E-state index in [0.29, 0.717) is 18.5 Å². The van der Waals surface area contributed by atoms with E-state index in [2.05, 4.69) is 9.97 Å². The summed E-state index contributed by atoms with van der Waals surface area (Å²) in [5.74, 6) is -0.123. The average molecular weight is 309 g/mol. The summed E-state index contributed by atoms with van der Waals surface area (Å²) in [5, 5.41) is 9.57. The number of carbonyl (C=O) groups is 1. The Labute approximate surface area is 134 Å². The number of aromatic nitrogens is 3. The Hall–Kier alpha value is -2.69. The number of carboxylic acids is 1. The maximum atomic E-state index is 11.7. The molecule has 1 unspecified atom stereocenters. The number of aryl methyl sites for hydroxylation is 1. The van der Waals surface area contributed by atoms with Crippen molar-refractivity contribution < 1.29 is 9.90 Å². The standard InChI is InChI=1S/C18H19N3O2/c1-3-15(18(22)23)21-16(10-13-7-5-4-6-8-13)20-14-9-12(2)11-19-17(14)21/h4-9,11,15H,3,10H2,1-2H3,(H,22,23). The molecule has 5 heteroatoms. The van der Waals surface area contributed by atoms with E-state index in [1.165, 1.54) is 0 Å². The van der Waals surface area contributed by atoms with Crippen LogP contribution in [0.15, 0.2) is 42.6 Å². The highest BCUT2D eigenvalue weighted by atomic mass is 16.4. The minimum absolute atomic E-state index is 0.484. The van der Waals surface area contributed by atoms with E-state index in [9.17, 15) is 9.90 Å². The molecule has 3 rings (SSSR count). The number of rotatable bonds is 5. The van der Waals surface area contributed by atoms with Crippen LogP contribution < -0.4 is 0 Å². The van der Waals surface area contributed by atoms with Crippen LogP contribution in [0.5, 0.6) is 0 Å². The summed E-state index contributed by atoms with van der Waals surface area (Å²) >= 11 is 0. The van der Waals surface area contributed by atoms with Crippen molar-refractivity contribution in [1.29, 1.82) is 0 Å². The van der Waals surface area contributed by atoms with E-state index in [1.54, 1.807) is 10.8 Å². The van der Waals surface area contributed by atoms with Gasteiger partial charge in [0.25, 0.3) is 0 Å². The molecule has 2 aromatic heterocycles. The molecule has 3 aromatic rings. The molecule has 2 heterocycles. The molecule has 0 aliphatic rings. The summed E-state index contributed by atoms with van der Waals surface area (Å²) in [6, 6.07) is 11.2. The van der Waals surface area contributed by atoms with Crippen LogP contribution in [0.1, 0.15) is 36.3 Å². The maximum absolute atomic E-state index is 11.7. The van der Waals surface area contributed by atoms with E-state index >= 15 is 0 Å². The Kier molecular flexibility index (Phi) is 4.10. The SMILES string of the molecule is CCC(C(=O)O)n1c(Cc2ccccc2)nc2cc(C)cnc21. The lowest BCUT2D eigenvalue weighted by Crippen LogP contribution is -2.21. The van der Waals surface area contributed by atoms with Crippen molar-refractivity contribution in [3.63, 3.8) is 0 Å². The number of pyridine rings is 1. The van der Waals surface area contributed by atoms with E-state index in [0.717, 1.165) is 22.5 Å². The average Bonchev–Trinajstić information content (AvgIpc) is 2.86. The first kappa shape index (κ1) is 15.2. The third-order valence-electron chi connectivity index (χ3n) is 3.93. The second kappa shape index (κ2) is 6.20. The Balaban J connectivity index is 2.16. The summed E-state index contributed by atoms with van der Waals surface area (Å²) in [6.45, 7) is 3.82. The van der Waals surface area contributed by atoms with E-state index in [-0.39, 0.29) is 0 Å². The van der Waals surface area contributed by atoms with Gasteiger partial charge in [0.2, 0.25) is 0 Å². The van der Waals surface area contributed by atoms with Crippen LogP contribution in [-0.4, -0.2) is 25.6 Å². The third-order valence-corrected chi connectivity index (χ3v) is 3.93. The summed E-state index contributed by atoms with van der Waals surface area (Å²) in [6.07, 6.45) is 2.82. The number of nitrogens with zero attached hydrogens (tertiary/aromatic N) is 3. The van der Waals surface area contributed by atoms with Gasteiger partial charge in [-0.25, -0.2) is 14.8 Å². The predicted octanol–water partition coefficient (Wildman–Crippen LogP) is 3.37. The van der Waals surface area contributed by atoms with Gasteiger partial charge < -0.3 is 5.11 Å². The van der Waals surface area contributed by atoms with E-state index in [1.807, 2.05) is 50.2 Å². The number of fused-ring (bicyclic) bond motifs is 1. The first-order valence-electron chi connectivity index (χ1n) is 7.70. The molecule has 0 spiro atoms. The van der Waals surface area contributed by atoms with Gasteiger partial charge in [-0.15, -0.1) is 0 Å². The smallest absolute Gasteiger partial charge is 0.326 e. The summed E-state index contributed by atoms with van der Waals surface area (Å²) in [5.41, 5.74) is 3.49. The Morgan fingerprint density at radius 3 is 2.70 bits per heavy atom. The van der Waals surface area contributed by atoms with Crippen LogP contribution in [0.25, 0.3) is 11.2 Å². The van der Waals surface area contributed by atoms with Gasteiger partial charge in [0.1, 0.15) is 17.4 Å². The van der Waals surface area contributed by atoms with Crippen LogP contribution >= 0.6 is 0 Å². The fourth-order valence-corrected chi connectivity index (χ4v) is 2.83. The first-order chi connectivity index (χ1) is 11.1. The quantitative estimate of drug-likeness (QED) is 0.784. The number of benzene rings is 1. The van der Waals surface area contributed by atoms with Gasteiger partial charge in [0.05, 0.1) is 0 Å². The molecule has 0 fully saturated rings. The zero-order valence-corrected chi connectivity index (χ0v) is 13.2. The second-order valence-electron chi connectivity index (χ2n) is 5.68. The van der Waals surface area contributed by atoms with Gasteiger partial charge in [-0.05, 0) is 30.5 Å². The summed E-state index contributed by atoms with van der Waals surface area (Å²) < 4.78 is 1.77. The molecule has 0 amide bonds. The zero-order valence-electron chi connectivity index (χ0n) is 13.2. The molecule has 0 radical (unpaired) electrons. The number of imidazole rings is 1. The topological polar surface area (TPSA) is 68.0 Å². The molecule has 5 nitrogen and oxygen atoms in total. The number of hydrogen-bond donors (Lipinski definition) is 1. The van der Waals surface area contributed by atoms with Crippen molar-refractivity contribution in [3.8, 4) is 0 Å². The largest absolute Gasteiger partial charge is 0.480 e. The van der Waals surface area contributed by atoms with Crippen LogP contribution in [-0.2, 0) is 11.2 Å². The molecule has 1 aromatic carbocycles. The fraction of sp³-hybridized carbons (Fsp3) is 0.278. The fourth-order valence-electron chi connectivity index (χ4n) is 2.83. The van der Waals surface area contributed by atoms with Crippen molar-refractivity contribution >= 4 is 17.1 Å². The molecule has 1 N–H and O–H groups in total. The molecule has 0 aliphatic carbocycles. The molecule has 0 saturated carbocycles. The van der Waals surface area contributed by atoms with Crippen LogP contribution in [0, 0.1) is 6.92 Å². The maximum Gasteiger partial charge on any atom is 0.326 e. The van der Waals surface area contributed by atoms with Gasteiger partial charge in [0.15, 0.2) is 5.65 Å². The van der Waals surface area contributed by atoms with Crippen molar-refractivity contribution in [3.05, 3.63) is 59.5 Å². The van der Waals surface area contributed by atoms with E-state index in [4.69, 9.17) is 0 Å². The minimum Gasteiger partial charge on any atom is -0.480 e. The van der Waals surface area contributed by atoms with Crippen molar-refractivity contribution in [2.24, 2.45) is 0 Å². The molecule has 0 saturated heterocycles. The van der Waals surface area contributed by atoms with Crippen LogP contribution in [0.3, 0.4) is 0 Å². The van der Waals surface area contributed by atoms with Crippen LogP contribution in [0.4, 0.5) is 0 Å². The number of carboxylic acid groups (broad SMARTS) is 1. The molecule has 0 bridgehead atoms. The lowest BCUT2D eigenvalue weighted by Gasteiger charge is -2.15. The first-order valence-corrected chi connectivity index (χ1v) is 7.70. The minimum atomic E-state index is -0.858. The normalized spacial score (nSPS) is 12.4. The highest BCUT2D eigenvalue weighted by Crippen LogP contribution is 2.24. The Morgan fingerprint density at radius 2 is 2.04 bits per heavy atom. The summed E-state index contributed by atoms with van der Waals surface area (Å²) in [7, 11) is 0. The third kappa shape index (κ3) is 2.95. The monoisotopic (exact) mass is 309 g/mol. The number of hydrogen-bond acceptors (Lipinski definition) is 3. The molecular weight excluding hydrogens is 290 g/mol. The molecule has 0 aliphatic heterocycles. The van der Waals surface area contributed by atoms with Gasteiger partial charge in [-0.2, -0.15) is 0 Å². The Morgan fingerprint density at radius 1 is 1.30 bits per heavy atom. The zero-order chi connectivity index (χ0) is 16.4.